The molecule has 1 rings (SSSR count). The van der Waals surface area contributed by atoms with Crippen LogP contribution in [0.15, 0.2) is 18.2 Å². The molecule has 1 N–H and O–H groups in total. The maximum absolute atomic E-state index is 9.37. The summed E-state index contributed by atoms with van der Waals surface area (Å²) in [6.45, 7) is 0. The van der Waals surface area contributed by atoms with Crippen molar-refractivity contribution < 1.29 is 5.11 Å². The summed E-state index contributed by atoms with van der Waals surface area (Å²) in [4.78, 5) is 0. The Morgan fingerprint density at radius 2 is 2.00 bits per heavy atom. The highest BCUT2D eigenvalue weighted by atomic mass is 35.5. The molecule has 1 atom stereocenters. The van der Waals surface area contributed by atoms with Gasteiger partial charge in [-0.1, -0.05) is 29.3 Å². The molecule has 0 spiro atoms. The Hall–Kier alpha value is 0.110. The van der Waals surface area contributed by atoms with Gasteiger partial charge >= 0.3 is 0 Å². The van der Waals surface area contributed by atoms with E-state index in [-0.39, 0.29) is 0 Å². The predicted octanol–water partition coefficient (Wildman–Crippen LogP) is 2.96. The van der Waals surface area contributed by atoms with Gasteiger partial charge in [0.05, 0.1) is 16.1 Å². The molecule has 66 valence electrons. The van der Waals surface area contributed by atoms with Crippen molar-refractivity contribution in [1.82, 2.24) is 0 Å². The highest BCUT2D eigenvalue weighted by molar-refractivity contribution is 7.80. The van der Waals surface area contributed by atoms with Crippen LogP contribution in [-0.4, -0.2) is 10.9 Å². The van der Waals surface area contributed by atoms with Gasteiger partial charge < -0.3 is 5.11 Å². The zero-order valence-corrected chi connectivity index (χ0v) is 8.57. The van der Waals surface area contributed by atoms with E-state index >= 15 is 0 Å². The van der Waals surface area contributed by atoms with E-state index in [1.54, 1.807) is 18.2 Å². The normalized spacial score (nSPS) is 13.0. The molecule has 1 aromatic rings. The summed E-state index contributed by atoms with van der Waals surface area (Å²) in [6.07, 6.45) is -0.580. The predicted molar refractivity (Wildman–Crippen MR) is 55.3 cm³/mol. The Morgan fingerprint density at radius 3 is 2.50 bits per heavy atom. The summed E-state index contributed by atoms with van der Waals surface area (Å²) < 4.78 is 0. The number of hydrogen-bond donors (Lipinski definition) is 2. The molecule has 12 heavy (non-hydrogen) atoms. The van der Waals surface area contributed by atoms with Gasteiger partial charge in [-0.05, 0) is 17.7 Å². The zero-order chi connectivity index (χ0) is 9.14. The fourth-order valence-electron chi connectivity index (χ4n) is 0.825. The average Bonchev–Trinajstić information content (AvgIpc) is 2.08. The van der Waals surface area contributed by atoms with Crippen molar-refractivity contribution in [2.24, 2.45) is 0 Å². The summed E-state index contributed by atoms with van der Waals surface area (Å²) in [6, 6.07) is 5.03. The van der Waals surface area contributed by atoms with Gasteiger partial charge in [0.2, 0.25) is 0 Å². The van der Waals surface area contributed by atoms with Crippen LogP contribution in [0.2, 0.25) is 10.0 Å². The molecule has 0 aromatic heterocycles. The van der Waals surface area contributed by atoms with Gasteiger partial charge in [0.25, 0.3) is 0 Å². The largest absolute Gasteiger partial charge is 0.388 e. The number of halogens is 2. The first-order valence-electron chi connectivity index (χ1n) is 3.39. The second-order valence-corrected chi connectivity index (χ2v) is 3.55. The Morgan fingerprint density at radius 1 is 1.33 bits per heavy atom. The first-order chi connectivity index (χ1) is 5.65. The highest BCUT2D eigenvalue weighted by Crippen LogP contribution is 2.25. The topological polar surface area (TPSA) is 20.2 Å². The lowest BCUT2D eigenvalue weighted by Gasteiger charge is -2.07. The number of aliphatic hydroxyl groups excluding tert-OH is 1. The van der Waals surface area contributed by atoms with Crippen LogP contribution in [0.4, 0.5) is 0 Å². The number of thiol groups is 1. The number of rotatable bonds is 2. The van der Waals surface area contributed by atoms with E-state index in [0.29, 0.717) is 15.8 Å². The Balaban J connectivity index is 2.96. The Bertz CT molecular complexity index is 278. The van der Waals surface area contributed by atoms with E-state index in [1.807, 2.05) is 0 Å². The van der Waals surface area contributed by atoms with Crippen molar-refractivity contribution in [1.29, 1.82) is 0 Å². The standard InChI is InChI=1S/C8H8Cl2OS/c9-6-2-1-5(3-7(6)10)8(11)4-12/h1-3,8,11-12H,4H2. The van der Waals surface area contributed by atoms with E-state index < -0.39 is 6.10 Å². The van der Waals surface area contributed by atoms with Gasteiger partial charge in [0.1, 0.15) is 0 Å². The summed E-state index contributed by atoms with van der Waals surface area (Å²) in [7, 11) is 0. The van der Waals surface area contributed by atoms with Crippen molar-refractivity contribution >= 4 is 35.8 Å². The summed E-state index contributed by atoms with van der Waals surface area (Å²) in [5.74, 6) is 0.373. The maximum atomic E-state index is 9.37. The molecule has 0 aliphatic rings. The van der Waals surface area contributed by atoms with Crippen LogP contribution in [0.25, 0.3) is 0 Å². The van der Waals surface area contributed by atoms with E-state index in [1.165, 1.54) is 0 Å². The zero-order valence-electron chi connectivity index (χ0n) is 6.17. The summed E-state index contributed by atoms with van der Waals surface area (Å²) in [5, 5.41) is 10.3. The molecule has 0 bridgehead atoms. The molecule has 0 aliphatic heterocycles. The molecule has 0 radical (unpaired) electrons. The Kier molecular flexibility index (Phi) is 3.72. The van der Waals surface area contributed by atoms with Gasteiger partial charge in [0.15, 0.2) is 0 Å². The smallest absolute Gasteiger partial charge is 0.0878 e. The van der Waals surface area contributed by atoms with Crippen molar-refractivity contribution in [3.8, 4) is 0 Å². The molecule has 4 heteroatoms. The van der Waals surface area contributed by atoms with Crippen molar-refractivity contribution in [2.75, 3.05) is 5.75 Å². The molecule has 1 aromatic carbocycles. The minimum absolute atomic E-state index is 0.373. The van der Waals surface area contributed by atoms with Crippen molar-refractivity contribution in [3.63, 3.8) is 0 Å². The molecule has 0 fully saturated rings. The third-order valence-corrected chi connectivity index (χ3v) is 2.59. The number of hydrogen-bond acceptors (Lipinski definition) is 2. The van der Waals surface area contributed by atoms with Crippen LogP contribution in [0.5, 0.6) is 0 Å². The van der Waals surface area contributed by atoms with E-state index in [9.17, 15) is 5.11 Å². The van der Waals surface area contributed by atoms with Crippen LogP contribution in [-0.2, 0) is 0 Å². The Labute approximate surface area is 86.7 Å². The van der Waals surface area contributed by atoms with Gasteiger partial charge in [-0.3, -0.25) is 0 Å². The lowest BCUT2D eigenvalue weighted by atomic mass is 10.1. The lowest BCUT2D eigenvalue weighted by Crippen LogP contribution is -1.97. The first kappa shape index (κ1) is 10.2. The average molecular weight is 223 g/mol. The minimum atomic E-state index is -0.580. The molecule has 1 nitrogen and oxygen atoms in total. The molecule has 0 saturated heterocycles. The van der Waals surface area contributed by atoms with Crippen LogP contribution >= 0.6 is 35.8 Å². The van der Waals surface area contributed by atoms with Crippen molar-refractivity contribution in [2.45, 2.75) is 6.10 Å². The van der Waals surface area contributed by atoms with Crippen LogP contribution < -0.4 is 0 Å². The second-order valence-electron chi connectivity index (χ2n) is 2.37. The van der Waals surface area contributed by atoms with Crippen LogP contribution in [0, 0.1) is 0 Å². The van der Waals surface area contributed by atoms with E-state index in [4.69, 9.17) is 23.2 Å². The van der Waals surface area contributed by atoms with Crippen LogP contribution in [0.3, 0.4) is 0 Å². The SMILES string of the molecule is OC(CS)c1ccc(Cl)c(Cl)c1. The molecular weight excluding hydrogens is 215 g/mol. The van der Waals surface area contributed by atoms with E-state index in [0.717, 1.165) is 5.56 Å². The fraction of sp³-hybridized carbons (Fsp3) is 0.250. The van der Waals surface area contributed by atoms with Gasteiger partial charge in [-0.2, -0.15) is 12.6 Å². The molecular formula is C8H8Cl2OS. The second kappa shape index (κ2) is 4.38. The van der Waals surface area contributed by atoms with Gasteiger partial charge in [-0.15, -0.1) is 0 Å². The summed E-state index contributed by atoms with van der Waals surface area (Å²) in [5.41, 5.74) is 0.736. The quantitative estimate of drug-likeness (QED) is 0.738. The fourth-order valence-corrected chi connectivity index (χ4v) is 1.34. The molecule has 0 aliphatic carbocycles. The van der Waals surface area contributed by atoms with Gasteiger partial charge in [-0.25, -0.2) is 0 Å². The number of aliphatic hydroxyl groups is 1. The van der Waals surface area contributed by atoms with Crippen LogP contribution in [0.1, 0.15) is 11.7 Å². The third kappa shape index (κ3) is 2.30. The highest BCUT2D eigenvalue weighted by Gasteiger charge is 2.06. The summed E-state index contributed by atoms with van der Waals surface area (Å²) >= 11 is 15.4. The third-order valence-electron chi connectivity index (χ3n) is 1.50. The first-order valence-corrected chi connectivity index (χ1v) is 4.78. The molecule has 0 heterocycles. The maximum Gasteiger partial charge on any atom is 0.0878 e. The molecule has 1 unspecified atom stereocenters. The molecule has 0 saturated carbocycles. The van der Waals surface area contributed by atoms with Gasteiger partial charge in [0, 0.05) is 5.75 Å². The van der Waals surface area contributed by atoms with Crippen molar-refractivity contribution in [3.05, 3.63) is 33.8 Å². The monoisotopic (exact) mass is 222 g/mol. The minimum Gasteiger partial charge on any atom is -0.388 e. The number of benzene rings is 1. The van der Waals surface area contributed by atoms with E-state index in [2.05, 4.69) is 12.6 Å². The lowest BCUT2D eigenvalue weighted by molar-refractivity contribution is 0.204. The molecule has 0 amide bonds.